The molecule has 0 aromatic heterocycles. The Balaban J connectivity index is 2.43. The molecule has 0 saturated heterocycles. The molecular weight excluding hydrogens is 212 g/mol. The van der Waals surface area contributed by atoms with Gasteiger partial charge in [-0.3, -0.25) is 4.79 Å². The normalized spacial score (nSPS) is 14.3. The van der Waals surface area contributed by atoms with Crippen LogP contribution in [0.1, 0.15) is 24.5 Å². The van der Waals surface area contributed by atoms with Gasteiger partial charge < -0.3 is 4.74 Å². The molecule has 0 unspecified atom stereocenters. The largest absolute Gasteiger partial charge is 0.493 e. The third kappa shape index (κ3) is 2.32. The van der Waals surface area contributed by atoms with Crippen LogP contribution in [0.25, 0.3) is 0 Å². The van der Waals surface area contributed by atoms with E-state index >= 15 is 0 Å². The molecule has 0 spiro atoms. The van der Waals surface area contributed by atoms with E-state index in [4.69, 9.17) is 16.3 Å². The van der Waals surface area contributed by atoms with Crippen LogP contribution in [0.2, 0.25) is 5.02 Å². The van der Waals surface area contributed by atoms with Gasteiger partial charge in [0.1, 0.15) is 11.5 Å². The number of carbonyl (C=O) groups is 1. The van der Waals surface area contributed by atoms with Crippen LogP contribution < -0.4 is 4.74 Å². The molecule has 0 aliphatic carbocycles. The Morgan fingerprint density at radius 3 is 3.07 bits per heavy atom. The SMILES string of the molecule is CC(=O)Cc1cc(Cl)cc2c1OCCC2. The van der Waals surface area contributed by atoms with Crippen molar-refractivity contribution in [2.45, 2.75) is 26.2 Å². The van der Waals surface area contributed by atoms with Crippen molar-refractivity contribution in [2.75, 3.05) is 6.61 Å². The molecule has 2 nitrogen and oxygen atoms in total. The summed E-state index contributed by atoms with van der Waals surface area (Å²) in [4.78, 5) is 11.1. The van der Waals surface area contributed by atoms with E-state index in [0.717, 1.165) is 36.3 Å². The fourth-order valence-corrected chi connectivity index (χ4v) is 2.18. The van der Waals surface area contributed by atoms with Crippen LogP contribution >= 0.6 is 11.6 Å². The number of aryl methyl sites for hydroxylation is 1. The molecule has 1 aliphatic rings. The minimum absolute atomic E-state index is 0.133. The van der Waals surface area contributed by atoms with Gasteiger partial charge in [-0.15, -0.1) is 0 Å². The Kier molecular flexibility index (Phi) is 2.96. The Morgan fingerprint density at radius 2 is 2.33 bits per heavy atom. The van der Waals surface area contributed by atoms with Crippen LogP contribution in [-0.2, 0) is 17.6 Å². The maximum atomic E-state index is 11.1. The number of Topliss-reactive ketones (excluding diaryl/α,β-unsaturated/α-hetero) is 1. The lowest BCUT2D eigenvalue weighted by atomic mass is 9.99. The number of halogens is 1. The average molecular weight is 225 g/mol. The second-order valence-electron chi connectivity index (χ2n) is 3.88. The third-order valence-corrected chi connectivity index (χ3v) is 2.70. The van der Waals surface area contributed by atoms with Gasteiger partial charge in [0.15, 0.2) is 0 Å². The molecule has 0 radical (unpaired) electrons. The highest BCUT2D eigenvalue weighted by molar-refractivity contribution is 6.30. The summed E-state index contributed by atoms with van der Waals surface area (Å²) in [7, 11) is 0. The van der Waals surface area contributed by atoms with Crippen molar-refractivity contribution in [3.8, 4) is 5.75 Å². The van der Waals surface area contributed by atoms with Gasteiger partial charge in [-0.1, -0.05) is 11.6 Å². The van der Waals surface area contributed by atoms with Crippen molar-refractivity contribution in [1.82, 2.24) is 0 Å². The van der Waals surface area contributed by atoms with Crippen LogP contribution in [0, 0.1) is 0 Å². The number of ether oxygens (including phenoxy) is 1. The van der Waals surface area contributed by atoms with Gasteiger partial charge in [-0.25, -0.2) is 0 Å². The topological polar surface area (TPSA) is 26.3 Å². The lowest BCUT2D eigenvalue weighted by molar-refractivity contribution is -0.116. The highest BCUT2D eigenvalue weighted by atomic mass is 35.5. The monoisotopic (exact) mass is 224 g/mol. The third-order valence-electron chi connectivity index (χ3n) is 2.48. The van der Waals surface area contributed by atoms with Crippen LogP contribution in [0.15, 0.2) is 12.1 Å². The number of hydrogen-bond acceptors (Lipinski definition) is 2. The first-order chi connectivity index (χ1) is 7.16. The second kappa shape index (κ2) is 4.23. The van der Waals surface area contributed by atoms with Gasteiger partial charge >= 0.3 is 0 Å². The van der Waals surface area contributed by atoms with E-state index < -0.39 is 0 Å². The van der Waals surface area contributed by atoms with E-state index in [0.29, 0.717) is 11.4 Å². The van der Waals surface area contributed by atoms with Gasteiger partial charge in [-0.2, -0.15) is 0 Å². The number of carbonyl (C=O) groups excluding carboxylic acids is 1. The minimum atomic E-state index is 0.133. The summed E-state index contributed by atoms with van der Waals surface area (Å²) in [5, 5.41) is 0.690. The zero-order chi connectivity index (χ0) is 10.8. The van der Waals surface area contributed by atoms with Gasteiger partial charge in [0.2, 0.25) is 0 Å². The van der Waals surface area contributed by atoms with E-state index in [1.807, 2.05) is 12.1 Å². The molecule has 0 saturated carbocycles. The summed E-state index contributed by atoms with van der Waals surface area (Å²) in [6, 6.07) is 3.76. The first kappa shape index (κ1) is 10.5. The fraction of sp³-hybridized carbons (Fsp3) is 0.417. The van der Waals surface area contributed by atoms with E-state index in [1.165, 1.54) is 0 Å². The highest BCUT2D eigenvalue weighted by Crippen LogP contribution is 2.32. The summed E-state index contributed by atoms with van der Waals surface area (Å²) in [5.74, 6) is 1.01. The maximum absolute atomic E-state index is 11.1. The minimum Gasteiger partial charge on any atom is -0.493 e. The maximum Gasteiger partial charge on any atom is 0.134 e. The van der Waals surface area contributed by atoms with Crippen LogP contribution in [0.5, 0.6) is 5.75 Å². The van der Waals surface area contributed by atoms with Crippen molar-refractivity contribution in [3.63, 3.8) is 0 Å². The molecule has 80 valence electrons. The molecule has 0 bridgehead atoms. The van der Waals surface area contributed by atoms with Gasteiger partial charge in [-0.05, 0) is 37.5 Å². The molecule has 2 rings (SSSR count). The summed E-state index contributed by atoms with van der Waals surface area (Å²) >= 11 is 6.00. The summed E-state index contributed by atoms with van der Waals surface area (Å²) in [5.41, 5.74) is 2.05. The molecule has 0 amide bonds. The number of rotatable bonds is 2. The van der Waals surface area contributed by atoms with Crippen molar-refractivity contribution < 1.29 is 9.53 Å². The van der Waals surface area contributed by atoms with E-state index in [9.17, 15) is 4.79 Å². The van der Waals surface area contributed by atoms with Crippen LogP contribution in [-0.4, -0.2) is 12.4 Å². The Hall–Kier alpha value is -1.02. The molecule has 0 N–H and O–H groups in total. The number of ketones is 1. The van der Waals surface area contributed by atoms with E-state index in [2.05, 4.69) is 0 Å². The lowest BCUT2D eigenvalue weighted by Crippen LogP contribution is -2.11. The predicted molar refractivity (Wildman–Crippen MR) is 59.7 cm³/mol. The van der Waals surface area contributed by atoms with Gasteiger partial charge in [0, 0.05) is 17.0 Å². The number of benzene rings is 1. The molecule has 1 aromatic rings. The molecule has 0 atom stereocenters. The summed E-state index contributed by atoms with van der Waals surface area (Å²) in [6.45, 7) is 2.32. The van der Waals surface area contributed by atoms with Gasteiger partial charge in [0.05, 0.1) is 6.61 Å². The van der Waals surface area contributed by atoms with Crippen molar-refractivity contribution in [3.05, 3.63) is 28.3 Å². The van der Waals surface area contributed by atoms with Crippen molar-refractivity contribution in [2.24, 2.45) is 0 Å². The summed E-state index contributed by atoms with van der Waals surface area (Å²) < 4.78 is 5.60. The molecule has 0 fully saturated rings. The average Bonchev–Trinajstić information content (AvgIpc) is 2.16. The molecular formula is C12H13ClO2. The molecule has 1 aliphatic heterocycles. The van der Waals surface area contributed by atoms with Crippen LogP contribution in [0.3, 0.4) is 0 Å². The first-order valence-electron chi connectivity index (χ1n) is 5.10. The zero-order valence-electron chi connectivity index (χ0n) is 8.68. The Bertz CT molecular complexity index is 399. The molecule has 15 heavy (non-hydrogen) atoms. The van der Waals surface area contributed by atoms with Gasteiger partial charge in [0.25, 0.3) is 0 Å². The van der Waals surface area contributed by atoms with Crippen molar-refractivity contribution >= 4 is 17.4 Å². The van der Waals surface area contributed by atoms with E-state index in [-0.39, 0.29) is 5.78 Å². The Labute approximate surface area is 94.2 Å². The highest BCUT2D eigenvalue weighted by Gasteiger charge is 2.16. The Morgan fingerprint density at radius 1 is 1.53 bits per heavy atom. The quantitative estimate of drug-likeness (QED) is 0.772. The first-order valence-corrected chi connectivity index (χ1v) is 5.48. The molecule has 1 heterocycles. The standard InChI is InChI=1S/C12H13ClO2/c1-8(14)5-10-7-11(13)6-9-3-2-4-15-12(9)10/h6-7H,2-5H2,1H3. The van der Waals surface area contributed by atoms with Crippen LogP contribution in [0.4, 0.5) is 0 Å². The predicted octanol–water partition coefficient (Wildman–Crippen LogP) is 2.80. The fourth-order valence-electron chi connectivity index (χ4n) is 1.92. The van der Waals surface area contributed by atoms with E-state index in [1.54, 1.807) is 6.92 Å². The molecule has 3 heteroatoms. The second-order valence-corrected chi connectivity index (χ2v) is 4.32. The zero-order valence-corrected chi connectivity index (χ0v) is 9.43. The lowest BCUT2D eigenvalue weighted by Gasteiger charge is -2.20. The smallest absolute Gasteiger partial charge is 0.134 e. The van der Waals surface area contributed by atoms with Crippen molar-refractivity contribution in [1.29, 1.82) is 0 Å². The number of hydrogen-bond donors (Lipinski definition) is 0. The summed E-state index contributed by atoms with van der Waals surface area (Å²) in [6.07, 6.45) is 2.41. The number of fused-ring (bicyclic) bond motifs is 1. The molecule has 1 aromatic carbocycles.